The Morgan fingerprint density at radius 1 is 1.03 bits per heavy atom. The monoisotopic (exact) mass is 522 g/mol. The predicted octanol–water partition coefficient (Wildman–Crippen LogP) is 6.23. The minimum Gasteiger partial charge on any atom is -0.376 e. The molecular weight excluding hydrogens is 488 g/mol. The second-order valence-corrected chi connectivity index (χ2v) is 12.3. The highest BCUT2D eigenvalue weighted by Gasteiger charge is 2.53. The second-order valence-electron chi connectivity index (χ2n) is 11.9. The van der Waals surface area contributed by atoms with Gasteiger partial charge in [-0.1, -0.05) is 23.7 Å². The molecule has 1 saturated heterocycles. The number of piperazine rings is 1. The van der Waals surface area contributed by atoms with E-state index >= 15 is 0 Å². The quantitative estimate of drug-likeness (QED) is 0.359. The number of amides is 1. The summed E-state index contributed by atoms with van der Waals surface area (Å²) < 4.78 is 0. The van der Waals surface area contributed by atoms with Crippen molar-refractivity contribution in [2.45, 2.75) is 51.5 Å². The van der Waals surface area contributed by atoms with E-state index in [-0.39, 0.29) is 28.0 Å². The Labute approximate surface area is 223 Å². The largest absolute Gasteiger partial charge is 0.376 e. The molecule has 5 aliphatic rings. The van der Waals surface area contributed by atoms with Crippen molar-refractivity contribution < 1.29 is 9.72 Å². The lowest BCUT2D eigenvalue weighted by molar-refractivity contribution is -0.384. The van der Waals surface area contributed by atoms with Crippen LogP contribution in [0.4, 0.5) is 17.1 Å². The molecule has 7 nitrogen and oxygen atoms in total. The van der Waals surface area contributed by atoms with Crippen LogP contribution in [0.2, 0.25) is 5.02 Å². The third-order valence-electron chi connectivity index (χ3n) is 9.59. The summed E-state index contributed by atoms with van der Waals surface area (Å²) >= 11 is 6.24. The van der Waals surface area contributed by atoms with Crippen LogP contribution in [0.1, 0.15) is 55.8 Å². The summed E-state index contributed by atoms with van der Waals surface area (Å²) in [6, 6.07) is 12.7. The summed E-state index contributed by atoms with van der Waals surface area (Å²) in [6.07, 6.45) is 7.90. The number of hydrogen-bond acceptors (Lipinski definition) is 5. The van der Waals surface area contributed by atoms with Gasteiger partial charge in [-0.15, -0.1) is 0 Å². The Morgan fingerprint density at radius 2 is 1.65 bits per heavy atom. The zero-order valence-corrected chi connectivity index (χ0v) is 22.1. The molecule has 0 radical (unpaired) electrons. The van der Waals surface area contributed by atoms with Gasteiger partial charge in [0.1, 0.15) is 5.69 Å². The second kappa shape index (κ2) is 9.50. The lowest BCUT2D eigenvalue weighted by Gasteiger charge is -2.59. The van der Waals surface area contributed by atoms with Crippen molar-refractivity contribution in [3.63, 3.8) is 0 Å². The maximum Gasteiger partial charge on any atom is 0.292 e. The Bertz CT molecular complexity index is 1170. The number of nitrogens with one attached hydrogen (secondary N) is 1. The van der Waals surface area contributed by atoms with Crippen molar-refractivity contribution in [3.05, 3.63) is 63.2 Å². The lowest BCUT2D eigenvalue weighted by Crippen LogP contribution is -2.53. The van der Waals surface area contributed by atoms with Crippen molar-refractivity contribution >= 4 is 34.6 Å². The van der Waals surface area contributed by atoms with E-state index in [0.717, 1.165) is 23.4 Å². The molecule has 2 aromatic rings. The Morgan fingerprint density at radius 3 is 2.24 bits per heavy atom. The van der Waals surface area contributed by atoms with Gasteiger partial charge in [0.15, 0.2) is 0 Å². The molecule has 4 aliphatic carbocycles. The fourth-order valence-electron chi connectivity index (χ4n) is 8.06. The highest BCUT2D eigenvalue weighted by Crippen LogP contribution is 2.61. The molecule has 196 valence electrons. The first-order chi connectivity index (χ1) is 17.8. The van der Waals surface area contributed by atoms with E-state index in [9.17, 15) is 14.9 Å². The first-order valence-electron chi connectivity index (χ1n) is 13.6. The fourth-order valence-corrected chi connectivity index (χ4v) is 8.28. The zero-order chi connectivity index (χ0) is 25.7. The van der Waals surface area contributed by atoms with Crippen LogP contribution in [-0.2, 0) is 0 Å². The van der Waals surface area contributed by atoms with E-state index in [1.807, 2.05) is 29.2 Å². The van der Waals surface area contributed by atoms with Gasteiger partial charge in [-0.2, -0.15) is 0 Å². The van der Waals surface area contributed by atoms with Crippen LogP contribution in [0.3, 0.4) is 0 Å². The Hall–Kier alpha value is -2.80. The maximum atomic E-state index is 13.0. The van der Waals surface area contributed by atoms with Crippen LogP contribution in [0.25, 0.3) is 0 Å². The molecule has 1 aliphatic heterocycles. The summed E-state index contributed by atoms with van der Waals surface area (Å²) in [7, 11) is 0. The fraction of sp³-hybridized carbons (Fsp3) is 0.552. The van der Waals surface area contributed by atoms with E-state index in [2.05, 4.69) is 17.1 Å². The maximum absolute atomic E-state index is 13.0. The minimum absolute atomic E-state index is 0.0549. The van der Waals surface area contributed by atoms with Gasteiger partial charge in [0.05, 0.1) is 15.5 Å². The molecule has 4 bridgehead atoms. The normalized spacial score (nSPS) is 29.3. The number of carbonyl (C=O) groups is 1. The molecule has 7 rings (SSSR count). The minimum atomic E-state index is -0.279. The van der Waals surface area contributed by atoms with Gasteiger partial charge in [0.2, 0.25) is 0 Å². The number of anilines is 2. The number of nitrogens with zero attached hydrogens (tertiary/aromatic N) is 3. The molecule has 5 fully saturated rings. The molecule has 1 N–H and O–H groups in total. The standard InChI is InChI=1S/C29H35ClN4O3/c1-19(29-16-20-12-21(17-29)14-22(13-20)18-29)31-26-15-23(6-7-27(26)34(36)37)32-8-10-33(11-9-32)28(35)24-4-2-3-5-25(24)30/h2-7,15,19-22,31H,8-14,16-18H2,1H3/t19-,20?,21?,22?,29?/m0/s1. The number of rotatable bonds is 6. The average molecular weight is 523 g/mol. The molecule has 0 aromatic heterocycles. The van der Waals surface area contributed by atoms with Crippen LogP contribution in [0, 0.1) is 33.3 Å². The van der Waals surface area contributed by atoms with Crippen molar-refractivity contribution in [2.75, 3.05) is 36.4 Å². The number of nitro groups is 1. The van der Waals surface area contributed by atoms with Crippen LogP contribution in [0.15, 0.2) is 42.5 Å². The van der Waals surface area contributed by atoms with Crippen LogP contribution in [-0.4, -0.2) is 48.0 Å². The van der Waals surface area contributed by atoms with E-state index in [4.69, 9.17) is 11.6 Å². The van der Waals surface area contributed by atoms with E-state index in [1.165, 1.54) is 38.5 Å². The summed E-state index contributed by atoms with van der Waals surface area (Å²) in [6.45, 7) is 4.72. The highest BCUT2D eigenvalue weighted by atomic mass is 35.5. The number of benzene rings is 2. The molecule has 2 aromatic carbocycles. The molecule has 8 heteroatoms. The number of nitro benzene ring substituents is 1. The summed E-state index contributed by atoms with van der Waals surface area (Å²) in [5.74, 6) is 2.45. The number of carbonyl (C=O) groups excluding carboxylic acids is 1. The molecule has 1 atom stereocenters. The van der Waals surface area contributed by atoms with Crippen molar-refractivity contribution in [1.29, 1.82) is 0 Å². The average Bonchev–Trinajstić information content (AvgIpc) is 2.88. The van der Waals surface area contributed by atoms with Crippen molar-refractivity contribution in [3.8, 4) is 0 Å². The third-order valence-corrected chi connectivity index (χ3v) is 9.92. The molecule has 4 saturated carbocycles. The van der Waals surface area contributed by atoms with Crippen LogP contribution < -0.4 is 10.2 Å². The smallest absolute Gasteiger partial charge is 0.292 e. The molecular formula is C29H35ClN4O3. The molecule has 37 heavy (non-hydrogen) atoms. The number of hydrogen-bond donors (Lipinski definition) is 1. The summed E-state index contributed by atoms with van der Waals surface area (Å²) in [5.41, 5.74) is 2.48. The van der Waals surface area contributed by atoms with Gasteiger partial charge < -0.3 is 15.1 Å². The van der Waals surface area contributed by atoms with Gasteiger partial charge in [-0.05, 0) is 92.9 Å². The van der Waals surface area contributed by atoms with Crippen LogP contribution >= 0.6 is 11.6 Å². The molecule has 1 amide bonds. The SMILES string of the molecule is C[C@H](Nc1cc(N2CCN(C(=O)c3ccccc3Cl)CC2)ccc1[N+](=O)[O-])C12CC3CC(CC(C3)C1)C2. The molecule has 1 heterocycles. The first-order valence-corrected chi connectivity index (χ1v) is 14.0. The summed E-state index contributed by atoms with van der Waals surface area (Å²) in [5, 5.41) is 16.0. The predicted molar refractivity (Wildman–Crippen MR) is 146 cm³/mol. The Kier molecular flexibility index (Phi) is 6.30. The Balaban J connectivity index is 1.17. The van der Waals surface area contributed by atoms with Gasteiger partial charge in [0.25, 0.3) is 11.6 Å². The molecule has 0 unspecified atom stereocenters. The number of halogens is 1. The third kappa shape index (κ3) is 4.56. The van der Waals surface area contributed by atoms with Gasteiger partial charge in [-0.25, -0.2) is 0 Å². The topological polar surface area (TPSA) is 78.7 Å². The van der Waals surface area contributed by atoms with Crippen molar-refractivity contribution in [2.24, 2.45) is 23.2 Å². The summed E-state index contributed by atoms with van der Waals surface area (Å²) in [4.78, 5) is 28.6. The van der Waals surface area contributed by atoms with E-state index < -0.39 is 0 Å². The van der Waals surface area contributed by atoms with Gasteiger partial charge >= 0.3 is 0 Å². The van der Waals surface area contributed by atoms with Gasteiger partial charge in [0, 0.05) is 44.0 Å². The van der Waals surface area contributed by atoms with E-state index in [1.54, 1.807) is 18.2 Å². The van der Waals surface area contributed by atoms with Gasteiger partial charge in [-0.3, -0.25) is 14.9 Å². The zero-order valence-electron chi connectivity index (χ0n) is 21.4. The van der Waals surface area contributed by atoms with Crippen molar-refractivity contribution in [1.82, 2.24) is 4.90 Å². The van der Waals surface area contributed by atoms with E-state index in [0.29, 0.717) is 42.5 Å². The first kappa shape index (κ1) is 24.5. The highest BCUT2D eigenvalue weighted by molar-refractivity contribution is 6.33. The lowest BCUT2D eigenvalue weighted by atomic mass is 9.48. The molecule has 0 spiro atoms. The van der Waals surface area contributed by atoms with Crippen LogP contribution in [0.5, 0.6) is 0 Å².